The first kappa shape index (κ1) is 18.1. The average molecular weight is 462 g/mol. The van der Waals surface area contributed by atoms with E-state index in [4.69, 9.17) is 16.3 Å². The van der Waals surface area contributed by atoms with Crippen LogP contribution in [0.1, 0.15) is 33.6 Å². The van der Waals surface area contributed by atoms with Crippen molar-refractivity contribution >= 4 is 62.7 Å². The normalized spacial score (nSPS) is 35.8. The van der Waals surface area contributed by atoms with Crippen molar-refractivity contribution in [2.24, 2.45) is 0 Å². The Labute approximate surface area is 149 Å². The van der Waals surface area contributed by atoms with Crippen LogP contribution in [0.4, 0.5) is 0 Å². The van der Waals surface area contributed by atoms with Crippen LogP contribution in [-0.2, 0) is 29.9 Å². The van der Waals surface area contributed by atoms with Gasteiger partial charge in [0.25, 0.3) is 5.91 Å². The summed E-state index contributed by atoms with van der Waals surface area (Å²) < 4.78 is 15.3. The summed E-state index contributed by atoms with van der Waals surface area (Å²) in [7, 11) is -1.50. The van der Waals surface area contributed by atoms with Crippen LogP contribution in [0.15, 0.2) is 0 Å². The van der Waals surface area contributed by atoms with Crippen LogP contribution in [0.2, 0.25) is 0 Å². The third-order valence-electron chi connectivity index (χ3n) is 3.87. The largest absolute Gasteiger partial charge is 0.456 e. The highest BCUT2D eigenvalue weighted by Gasteiger charge is 2.74. The first-order valence-electron chi connectivity index (χ1n) is 6.86. The van der Waals surface area contributed by atoms with Gasteiger partial charge in [0.05, 0.1) is 15.5 Å². The molecular weight excluding hydrogens is 445 g/mol. The lowest BCUT2D eigenvalue weighted by molar-refractivity contribution is -0.162. The van der Waals surface area contributed by atoms with Crippen LogP contribution >= 0.6 is 34.2 Å². The van der Waals surface area contributed by atoms with Crippen molar-refractivity contribution in [1.82, 2.24) is 4.90 Å². The molecule has 0 aromatic rings. The molecular formula is C13H17ClINO5S. The zero-order valence-electron chi connectivity index (χ0n) is 12.4. The minimum Gasteiger partial charge on any atom is -0.456 e. The summed E-state index contributed by atoms with van der Waals surface area (Å²) in [4.78, 5) is 37.2. The minimum atomic E-state index is -1.50. The standard InChI is InChI=1S/C13H17ClINO5S/c1-4-5-7(17)6-21-9(18)8-12(2,3)22(20)11-13(14,15)10(19)16(8)11/h8,11H,4-6H2,1-3H3/t8-,11+,13?,22?/m0/s1. The fourth-order valence-electron chi connectivity index (χ4n) is 2.69. The number of carbonyl (C=O) groups is 3. The van der Waals surface area contributed by atoms with E-state index < -0.39 is 41.7 Å². The van der Waals surface area contributed by atoms with Gasteiger partial charge in [-0.3, -0.25) is 13.8 Å². The van der Waals surface area contributed by atoms with E-state index in [2.05, 4.69) is 0 Å². The van der Waals surface area contributed by atoms with Gasteiger partial charge >= 0.3 is 5.97 Å². The van der Waals surface area contributed by atoms with Crippen molar-refractivity contribution in [3.8, 4) is 0 Å². The van der Waals surface area contributed by atoms with Gasteiger partial charge in [-0.1, -0.05) is 18.5 Å². The van der Waals surface area contributed by atoms with Crippen molar-refractivity contribution in [3.05, 3.63) is 0 Å². The number of amides is 1. The SMILES string of the molecule is CCCC(=O)COC(=O)[C@@H]1N2C(=O)C(Cl)(I)[C@H]2S(=O)C1(C)C. The van der Waals surface area contributed by atoms with Gasteiger partial charge in [-0.2, -0.15) is 0 Å². The fourth-order valence-corrected chi connectivity index (χ4v) is 6.21. The Morgan fingerprint density at radius 3 is 2.59 bits per heavy atom. The highest BCUT2D eigenvalue weighted by molar-refractivity contribution is 14.1. The zero-order chi connectivity index (χ0) is 16.9. The molecule has 124 valence electrons. The van der Waals surface area contributed by atoms with Crippen molar-refractivity contribution in [3.63, 3.8) is 0 Å². The van der Waals surface area contributed by atoms with Crippen LogP contribution in [0.25, 0.3) is 0 Å². The summed E-state index contributed by atoms with van der Waals surface area (Å²) in [5.74, 6) is -1.33. The Hall–Kier alpha value is -0.220. The Balaban J connectivity index is 2.16. The Morgan fingerprint density at radius 2 is 2.05 bits per heavy atom. The molecule has 0 aliphatic carbocycles. The number of esters is 1. The van der Waals surface area contributed by atoms with Crippen LogP contribution < -0.4 is 0 Å². The summed E-state index contributed by atoms with van der Waals surface area (Å²) in [6, 6.07) is -0.984. The number of alkyl halides is 2. The van der Waals surface area contributed by atoms with E-state index in [1.807, 2.05) is 6.92 Å². The number of β-lactam (4-membered cyclic amide) rings is 1. The van der Waals surface area contributed by atoms with E-state index in [0.29, 0.717) is 12.8 Å². The molecule has 9 heteroatoms. The van der Waals surface area contributed by atoms with E-state index >= 15 is 0 Å². The number of nitrogens with zero attached hydrogens (tertiary/aromatic N) is 1. The number of ether oxygens (including phenoxy) is 1. The lowest BCUT2D eigenvalue weighted by atomic mass is 9.98. The maximum absolute atomic E-state index is 12.6. The van der Waals surface area contributed by atoms with Gasteiger partial charge in [0.15, 0.2) is 5.78 Å². The Bertz CT molecular complexity index is 565. The third kappa shape index (κ3) is 2.60. The van der Waals surface area contributed by atoms with Gasteiger partial charge in [-0.05, 0) is 42.9 Å². The van der Waals surface area contributed by atoms with Crippen LogP contribution in [0.3, 0.4) is 0 Å². The zero-order valence-corrected chi connectivity index (χ0v) is 16.2. The van der Waals surface area contributed by atoms with E-state index in [0.717, 1.165) is 0 Å². The molecule has 2 fully saturated rings. The van der Waals surface area contributed by atoms with Crippen molar-refractivity contribution in [1.29, 1.82) is 0 Å². The van der Waals surface area contributed by atoms with E-state index in [9.17, 15) is 18.6 Å². The minimum absolute atomic E-state index is 0.181. The topological polar surface area (TPSA) is 80.8 Å². The lowest BCUT2D eigenvalue weighted by Gasteiger charge is -2.45. The summed E-state index contributed by atoms with van der Waals surface area (Å²) in [5.41, 5.74) is 0. The molecule has 0 N–H and O–H groups in total. The second-order valence-electron chi connectivity index (χ2n) is 5.89. The molecule has 0 aromatic carbocycles. The molecule has 2 aliphatic heterocycles. The molecule has 2 unspecified atom stereocenters. The predicted octanol–water partition coefficient (Wildman–Crippen LogP) is 1.35. The van der Waals surface area contributed by atoms with Crippen LogP contribution in [0.5, 0.6) is 0 Å². The smallest absolute Gasteiger partial charge is 0.330 e. The van der Waals surface area contributed by atoms with E-state index in [1.165, 1.54) is 4.90 Å². The summed E-state index contributed by atoms with van der Waals surface area (Å²) in [6.07, 6.45) is 1.00. The molecule has 2 rings (SSSR count). The van der Waals surface area contributed by atoms with Crippen LogP contribution in [-0.4, -0.2) is 52.4 Å². The number of Topliss-reactive ketones (excluding diaryl/α,β-unsaturated/α-hetero) is 1. The monoisotopic (exact) mass is 461 g/mol. The van der Waals surface area contributed by atoms with Gasteiger partial charge in [0.1, 0.15) is 18.0 Å². The molecule has 0 radical (unpaired) electrons. The second-order valence-corrected chi connectivity index (χ2v) is 10.9. The molecule has 0 aromatic heterocycles. The Kier molecular flexibility index (Phi) is 4.95. The second kappa shape index (κ2) is 6.01. The maximum atomic E-state index is 12.6. The molecule has 1 amide bonds. The quantitative estimate of drug-likeness (QED) is 0.267. The highest BCUT2D eigenvalue weighted by atomic mass is 127. The molecule has 2 aliphatic rings. The number of hydrogen-bond donors (Lipinski definition) is 0. The predicted molar refractivity (Wildman–Crippen MR) is 90.1 cm³/mol. The molecule has 6 nitrogen and oxygen atoms in total. The van der Waals surface area contributed by atoms with Gasteiger partial charge in [0, 0.05) is 6.42 Å². The number of rotatable bonds is 5. The number of hydrogen-bond acceptors (Lipinski definition) is 5. The molecule has 0 spiro atoms. The Morgan fingerprint density at radius 1 is 1.45 bits per heavy atom. The number of fused-ring (bicyclic) bond motifs is 1. The number of carbonyl (C=O) groups excluding carboxylic acids is 3. The van der Waals surface area contributed by atoms with Crippen molar-refractivity contribution in [2.75, 3.05) is 6.61 Å². The van der Waals surface area contributed by atoms with Gasteiger partial charge in [-0.25, -0.2) is 4.79 Å². The molecule has 4 atom stereocenters. The average Bonchev–Trinajstić information content (AvgIpc) is 2.63. The van der Waals surface area contributed by atoms with Gasteiger partial charge in [-0.15, -0.1) is 0 Å². The summed E-state index contributed by atoms with van der Waals surface area (Å²) in [5, 5.41) is -0.721. The van der Waals surface area contributed by atoms with Crippen molar-refractivity contribution in [2.45, 2.75) is 52.7 Å². The summed E-state index contributed by atoms with van der Waals surface area (Å²) >= 11 is 7.87. The number of halogens is 2. The molecule has 22 heavy (non-hydrogen) atoms. The van der Waals surface area contributed by atoms with Crippen molar-refractivity contribution < 1.29 is 23.3 Å². The van der Waals surface area contributed by atoms with E-state index in [1.54, 1.807) is 36.4 Å². The fraction of sp³-hybridized carbons (Fsp3) is 0.769. The molecule has 2 saturated heterocycles. The molecule has 2 heterocycles. The number of ketones is 1. The molecule has 0 saturated carbocycles. The van der Waals surface area contributed by atoms with Gasteiger partial charge in [0.2, 0.25) is 2.88 Å². The third-order valence-corrected chi connectivity index (χ3v) is 8.09. The first-order chi connectivity index (χ1) is 10.1. The maximum Gasteiger partial charge on any atom is 0.330 e. The summed E-state index contributed by atoms with van der Waals surface area (Å²) in [6.45, 7) is 4.80. The van der Waals surface area contributed by atoms with Gasteiger partial charge < -0.3 is 9.64 Å². The van der Waals surface area contributed by atoms with E-state index in [-0.39, 0.29) is 12.4 Å². The van der Waals surface area contributed by atoms with Crippen LogP contribution in [0, 0.1) is 0 Å². The first-order valence-corrected chi connectivity index (χ1v) is 9.53. The highest BCUT2D eigenvalue weighted by Crippen LogP contribution is 2.54. The molecule has 0 bridgehead atoms. The lowest BCUT2D eigenvalue weighted by Crippen LogP contribution is -2.69.